The van der Waals surface area contributed by atoms with E-state index in [1.165, 1.54) is 30.0 Å². The second-order valence-electron chi connectivity index (χ2n) is 4.97. The van der Waals surface area contributed by atoms with Gasteiger partial charge in [0.2, 0.25) is 5.91 Å². The number of nitrogens with one attached hydrogen (secondary N) is 2. The summed E-state index contributed by atoms with van der Waals surface area (Å²) in [4.78, 5) is 15.3. The lowest BCUT2D eigenvalue weighted by molar-refractivity contribution is -0.683. The van der Waals surface area contributed by atoms with Crippen molar-refractivity contribution in [3.63, 3.8) is 0 Å². The number of rotatable bonds is 4. The molecule has 0 spiro atoms. The Morgan fingerprint density at radius 2 is 2.13 bits per heavy atom. The number of amides is 1. The predicted octanol–water partition coefficient (Wildman–Crippen LogP) is 3.52. The number of fused-ring (bicyclic) bond motifs is 1. The van der Waals surface area contributed by atoms with Crippen molar-refractivity contribution >= 4 is 46.0 Å². The van der Waals surface area contributed by atoms with Crippen molar-refractivity contribution < 1.29 is 13.8 Å². The first kappa shape index (κ1) is 15.8. The number of hydrogen-bond acceptors (Lipinski definition) is 2. The van der Waals surface area contributed by atoms with E-state index in [9.17, 15) is 9.18 Å². The zero-order valence-corrected chi connectivity index (χ0v) is 13.8. The second kappa shape index (κ2) is 6.60. The quantitative estimate of drug-likeness (QED) is 0.558. The number of H-pyrrole nitrogens is 1. The van der Waals surface area contributed by atoms with Gasteiger partial charge < -0.3 is 5.32 Å². The number of nitrogens with zero attached hydrogens (tertiary/aromatic N) is 1. The van der Waals surface area contributed by atoms with Gasteiger partial charge in [-0.15, -0.1) is 0 Å². The van der Waals surface area contributed by atoms with Crippen molar-refractivity contribution in [3.05, 3.63) is 53.3 Å². The van der Waals surface area contributed by atoms with Crippen molar-refractivity contribution in [1.82, 2.24) is 4.98 Å². The zero-order valence-electron chi connectivity index (χ0n) is 12.3. The normalized spacial score (nSPS) is 10.9. The molecule has 0 radical (unpaired) electrons. The number of benzene rings is 2. The number of hydrogen-bond donors (Lipinski definition) is 2. The molecule has 0 fully saturated rings. The van der Waals surface area contributed by atoms with Crippen molar-refractivity contribution in [2.75, 3.05) is 11.1 Å². The Kier molecular flexibility index (Phi) is 4.54. The van der Waals surface area contributed by atoms with Crippen LogP contribution in [0.3, 0.4) is 0 Å². The van der Waals surface area contributed by atoms with Crippen LogP contribution in [0.15, 0.2) is 47.6 Å². The molecule has 3 aromatic rings. The highest BCUT2D eigenvalue weighted by molar-refractivity contribution is 7.99. The first-order valence-corrected chi connectivity index (χ1v) is 8.25. The third-order valence-corrected chi connectivity index (χ3v) is 4.70. The lowest BCUT2D eigenvalue weighted by atomic mass is 10.3. The largest absolute Gasteiger partial charge is 0.325 e. The van der Waals surface area contributed by atoms with Crippen LogP contribution in [0.25, 0.3) is 11.0 Å². The van der Waals surface area contributed by atoms with Gasteiger partial charge in [-0.2, -0.15) is 0 Å². The van der Waals surface area contributed by atoms with Crippen molar-refractivity contribution in [3.8, 4) is 0 Å². The number of imidazole rings is 1. The monoisotopic (exact) mass is 350 g/mol. The standard InChI is InChI=1S/C16H13ClFN3OS/c1-21-14-5-3-2-4-13(14)20-16(21)23-9-15(22)19-10-6-7-12(18)11(17)8-10/h2-8H,9H2,1H3,(H,19,22)/p+1. The van der Waals surface area contributed by atoms with E-state index in [4.69, 9.17) is 11.6 Å². The van der Waals surface area contributed by atoms with Crippen LogP contribution in [0.5, 0.6) is 0 Å². The predicted molar refractivity (Wildman–Crippen MR) is 90.2 cm³/mol. The average molecular weight is 351 g/mol. The summed E-state index contributed by atoms with van der Waals surface area (Å²) < 4.78 is 15.1. The fourth-order valence-corrected chi connectivity index (χ4v) is 3.21. The molecule has 0 saturated heterocycles. The van der Waals surface area contributed by atoms with Crippen LogP contribution in [0.2, 0.25) is 5.02 Å². The summed E-state index contributed by atoms with van der Waals surface area (Å²) in [6.07, 6.45) is 0. The third kappa shape index (κ3) is 3.48. The number of aromatic amines is 1. The molecule has 0 bridgehead atoms. The van der Waals surface area contributed by atoms with Crippen LogP contribution in [0.1, 0.15) is 0 Å². The molecule has 118 valence electrons. The first-order chi connectivity index (χ1) is 11.0. The molecular formula is C16H14ClFN3OS+. The molecule has 0 aliphatic heterocycles. The SMILES string of the molecule is C[n+]1c(SCC(=O)Nc2ccc(F)c(Cl)c2)[nH]c2ccccc21. The molecule has 3 rings (SSSR count). The number of thioether (sulfide) groups is 1. The van der Waals surface area contributed by atoms with Crippen LogP contribution >= 0.6 is 23.4 Å². The van der Waals surface area contributed by atoms with E-state index in [-0.39, 0.29) is 16.7 Å². The van der Waals surface area contributed by atoms with Crippen molar-refractivity contribution in [2.45, 2.75) is 5.16 Å². The van der Waals surface area contributed by atoms with Gasteiger partial charge in [-0.1, -0.05) is 23.7 Å². The van der Waals surface area contributed by atoms with Crippen LogP contribution < -0.4 is 9.88 Å². The molecule has 23 heavy (non-hydrogen) atoms. The Balaban J connectivity index is 1.66. The molecule has 7 heteroatoms. The summed E-state index contributed by atoms with van der Waals surface area (Å²) in [5, 5.41) is 3.57. The van der Waals surface area contributed by atoms with Gasteiger partial charge in [0.25, 0.3) is 0 Å². The Bertz CT molecular complexity index is 881. The molecule has 0 atom stereocenters. The number of halogens is 2. The van der Waals surface area contributed by atoms with Gasteiger partial charge in [0.05, 0.1) is 17.8 Å². The van der Waals surface area contributed by atoms with E-state index in [2.05, 4.69) is 10.3 Å². The van der Waals surface area contributed by atoms with E-state index in [0.29, 0.717) is 5.69 Å². The molecule has 1 amide bonds. The van der Waals surface area contributed by atoms with Crippen LogP contribution in [-0.2, 0) is 11.8 Å². The van der Waals surface area contributed by atoms with E-state index in [1.54, 1.807) is 0 Å². The molecule has 0 aliphatic rings. The van der Waals surface area contributed by atoms with Gasteiger partial charge in [-0.3, -0.25) is 4.79 Å². The highest BCUT2D eigenvalue weighted by Gasteiger charge is 2.16. The molecule has 2 aromatic carbocycles. The summed E-state index contributed by atoms with van der Waals surface area (Å²) in [6.45, 7) is 0. The summed E-state index contributed by atoms with van der Waals surface area (Å²) in [5.41, 5.74) is 2.56. The maximum Gasteiger partial charge on any atom is 0.317 e. The number of anilines is 1. The van der Waals surface area contributed by atoms with Crippen molar-refractivity contribution in [1.29, 1.82) is 0 Å². The average Bonchev–Trinajstić information content (AvgIpc) is 2.86. The van der Waals surface area contributed by atoms with E-state index >= 15 is 0 Å². The highest BCUT2D eigenvalue weighted by Crippen LogP contribution is 2.20. The number of aryl methyl sites for hydroxylation is 1. The fraction of sp³-hybridized carbons (Fsp3) is 0.125. The van der Waals surface area contributed by atoms with Crippen LogP contribution in [0, 0.1) is 5.82 Å². The Hall–Kier alpha value is -2.05. The molecule has 4 nitrogen and oxygen atoms in total. The molecule has 1 aromatic heterocycles. The number of carbonyl (C=O) groups is 1. The Morgan fingerprint density at radius 3 is 2.87 bits per heavy atom. The van der Waals surface area contributed by atoms with Crippen molar-refractivity contribution in [2.24, 2.45) is 7.05 Å². The van der Waals surface area contributed by atoms with Gasteiger partial charge in [0.15, 0.2) is 11.0 Å². The fourth-order valence-electron chi connectivity index (χ4n) is 2.22. The molecule has 2 N–H and O–H groups in total. The second-order valence-corrected chi connectivity index (χ2v) is 6.34. The van der Waals surface area contributed by atoms with Crippen LogP contribution in [0.4, 0.5) is 10.1 Å². The summed E-state index contributed by atoms with van der Waals surface area (Å²) in [7, 11) is 1.94. The van der Waals surface area contributed by atoms with Gasteiger partial charge in [-0.25, -0.2) is 13.9 Å². The van der Waals surface area contributed by atoms with Gasteiger partial charge in [0.1, 0.15) is 5.82 Å². The smallest absolute Gasteiger partial charge is 0.317 e. The topological polar surface area (TPSA) is 48.8 Å². The summed E-state index contributed by atoms with van der Waals surface area (Å²) >= 11 is 7.09. The maximum atomic E-state index is 13.1. The van der Waals surface area contributed by atoms with Crippen LogP contribution in [-0.4, -0.2) is 16.6 Å². The van der Waals surface area contributed by atoms with E-state index in [1.807, 2.05) is 35.9 Å². The highest BCUT2D eigenvalue weighted by atomic mass is 35.5. The first-order valence-electron chi connectivity index (χ1n) is 6.89. The van der Waals surface area contributed by atoms with Gasteiger partial charge >= 0.3 is 5.16 Å². The number of para-hydroxylation sites is 2. The third-order valence-electron chi connectivity index (χ3n) is 3.35. The zero-order chi connectivity index (χ0) is 16.4. The molecule has 0 aliphatic carbocycles. The van der Waals surface area contributed by atoms with E-state index < -0.39 is 5.82 Å². The van der Waals surface area contributed by atoms with Gasteiger partial charge in [-0.05, 0) is 42.1 Å². The minimum absolute atomic E-state index is 0.0162. The minimum atomic E-state index is -0.510. The molecule has 0 saturated carbocycles. The summed E-state index contributed by atoms with van der Waals surface area (Å²) in [6, 6.07) is 12.0. The number of carbonyl (C=O) groups excluding carboxylic acids is 1. The van der Waals surface area contributed by atoms with Gasteiger partial charge in [0, 0.05) is 5.69 Å². The lowest BCUT2D eigenvalue weighted by Crippen LogP contribution is -2.29. The minimum Gasteiger partial charge on any atom is -0.325 e. The Labute approximate surface area is 141 Å². The Morgan fingerprint density at radius 1 is 1.35 bits per heavy atom. The maximum absolute atomic E-state index is 13.1. The molecule has 1 heterocycles. The molecule has 0 unspecified atom stereocenters. The number of aromatic nitrogens is 2. The summed E-state index contributed by atoms with van der Waals surface area (Å²) in [5.74, 6) is -0.462. The van der Waals surface area contributed by atoms with E-state index in [0.717, 1.165) is 16.2 Å². The lowest BCUT2D eigenvalue weighted by Gasteiger charge is -2.04. The molecular weight excluding hydrogens is 337 g/mol.